The lowest BCUT2D eigenvalue weighted by Crippen LogP contribution is -2.45. The fourth-order valence-corrected chi connectivity index (χ4v) is 6.90. The summed E-state index contributed by atoms with van der Waals surface area (Å²) in [5.41, 5.74) is 2.99. The van der Waals surface area contributed by atoms with Crippen LogP contribution in [0.5, 0.6) is 23.0 Å². The molecule has 10 nitrogen and oxygen atoms in total. The number of hydrogen-bond acceptors (Lipinski definition) is 8. The Bertz CT molecular complexity index is 1610. The van der Waals surface area contributed by atoms with E-state index in [9.17, 15) is 9.59 Å². The number of aliphatic imine (C=N–C) groups is 2. The molecule has 1 unspecified atom stereocenters. The van der Waals surface area contributed by atoms with Crippen LogP contribution >= 0.6 is 0 Å². The van der Waals surface area contributed by atoms with Gasteiger partial charge in [-0.1, -0.05) is 19.4 Å². The lowest BCUT2D eigenvalue weighted by atomic mass is 9.85. The van der Waals surface area contributed by atoms with Crippen LogP contribution in [-0.4, -0.2) is 79.6 Å². The van der Waals surface area contributed by atoms with Crippen molar-refractivity contribution in [3.63, 3.8) is 0 Å². The number of ether oxygens (including phenoxy) is 4. The minimum absolute atomic E-state index is 0.0299. The average molecular weight is 615 g/mol. The summed E-state index contributed by atoms with van der Waals surface area (Å²) in [5, 5.41) is 0. The third kappa shape index (κ3) is 5.90. The Morgan fingerprint density at radius 3 is 2.04 bits per heavy atom. The Morgan fingerprint density at radius 2 is 1.42 bits per heavy atom. The van der Waals surface area contributed by atoms with E-state index in [4.69, 9.17) is 23.9 Å². The standard InChI is InChI=1S/C35H42N4O6/c1-22-12-23-17-36-26-15-30(28(42-5)13-24(26)32(40)38(23)18-22)44-10-8-7-9-11-45-31-16-27-25(14-29(31)43-6)33(41)39-21-34(2,3)19-35(39,4)20-37-27/h13-18,20,23H,7-12,19,21H2,1-6H3/t23?,35-/m0/s1. The van der Waals surface area contributed by atoms with Gasteiger partial charge in [0.25, 0.3) is 11.8 Å². The zero-order chi connectivity index (χ0) is 31.9. The number of carbonyl (C=O) groups excluding carboxylic acids is 2. The molecule has 45 heavy (non-hydrogen) atoms. The van der Waals surface area contributed by atoms with E-state index in [0.29, 0.717) is 65.3 Å². The van der Waals surface area contributed by atoms with Gasteiger partial charge in [0.15, 0.2) is 23.0 Å². The molecular formula is C35H42N4O6. The van der Waals surface area contributed by atoms with Crippen molar-refractivity contribution in [3.05, 3.63) is 47.2 Å². The molecule has 0 radical (unpaired) electrons. The number of methoxy groups -OCH3 is 2. The molecule has 2 aromatic rings. The van der Waals surface area contributed by atoms with Gasteiger partial charge in [0, 0.05) is 37.3 Å². The minimum atomic E-state index is -0.420. The number of fused-ring (bicyclic) bond motifs is 4. The van der Waals surface area contributed by atoms with Crippen molar-refractivity contribution in [1.82, 2.24) is 9.80 Å². The third-order valence-electron chi connectivity index (χ3n) is 8.96. The van der Waals surface area contributed by atoms with Gasteiger partial charge in [0.05, 0.1) is 61.5 Å². The lowest BCUT2D eigenvalue weighted by molar-refractivity contribution is 0.0702. The van der Waals surface area contributed by atoms with E-state index in [2.05, 4.69) is 25.8 Å². The maximum atomic E-state index is 13.6. The summed E-state index contributed by atoms with van der Waals surface area (Å²) in [7, 11) is 3.15. The summed E-state index contributed by atoms with van der Waals surface area (Å²) >= 11 is 0. The van der Waals surface area contributed by atoms with Crippen LogP contribution in [0, 0.1) is 5.41 Å². The van der Waals surface area contributed by atoms with E-state index in [-0.39, 0.29) is 23.3 Å². The van der Waals surface area contributed by atoms with Crippen LogP contribution in [-0.2, 0) is 0 Å². The van der Waals surface area contributed by atoms with Gasteiger partial charge in [0.1, 0.15) is 0 Å². The molecule has 4 aliphatic heterocycles. The SMILES string of the molecule is COc1cc2c(cc1OCCCCCOc1cc3c(cc1OC)C(=O)N1CC(C)(C)C[C@@]1(C)C=N3)N=CC1CC(C)=CN1C2=O. The number of hydrogen-bond donors (Lipinski definition) is 0. The van der Waals surface area contributed by atoms with Crippen LogP contribution in [0.2, 0.25) is 0 Å². The Labute approximate surface area is 264 Å². The molecule has 4 heterocycles. The number of nitrogens with zero attached hydrogens (tertiary/aromatic N) is 4. The molecule has 0 aromatic heterocycles. The zero-order valence-corrected chi connectivity index (χ0v) is 27.0. The van der Waals surface area contributed by atoms with Crippen molar-refractivity contribution >= 4 is 35.6 Å². The maximum absolute atomic E-state index is 13.6. The number of carbonyl (C=O) groups is 2. The van der Waals surface area contributed by atoms with Crippen molar-refractivity contribution in [2.45, 2.75) is 71.4 Å². The van der Waals surface area contributed by atoms with Crippen molar-refractivity contribution in [1.29, 1.82) is 0 Å². The highest BCUT2D eigenvalue weighted by Crippen LogP contribution is 2.45. The molecule has 4 aliphatic rings. The van der Waals surface area contributed by atoms with Crippen molar-refractivity contribution < 1.29 is 28.5 Å². The normalized spacial score (nSPS) is 22.6. The fourth-order valence-electron chi connectivity index (χ4n) is 6.90. The summed E-state index contributed by atoms with van der Waals surface area (Å²) in [4.78, 5) is 39.8. The molecule has 0 saturated carbocycles. The van der Waals surface area contributed by atoms with E-state index < -0.39 is 5.54 Å². The molecule has 1 saturated heterocycles. The molecule has 0 aliphatic carbocycles. The maximum Gasteiger partial charge on any atom is 0.260 e. The Hall–Kier alpha value is -4.34. The van der Waals surface area contributed by atoms with Gasteiger partial charge in [-0.05, 0) is 63.5 Å². The van der Waals surface area contributed by atoms with Crippen LogP contribution in [0.15, 0.2) is 46.0 Å². The molecule has 2 aromatic carbocycles. The van der Waals surface area contributed by atoms with Crippen molar-refractivity contribution in [3.8, 4) is 23.0 Å². The summed E-state index contributed by atoms with van der Waals surface area (Å²) in [5.74, 6) is 2.05. The van der Waals surface area contributed by atoms with Gasteiger partial charge in [0.2, 0.25) is 0 Å². The van der Waals surface area contributed by atoms with Gasteiger partial charge in [-0.2, -0.15) is 0 Å². The van der Waals surface area contributed by atoms with Gasteiger partial charge in [-0.15, -0.1) is 0 Å². The van der Waals surface area contributed by atoms with Gasteiger partial charge >= 0.3 is 0 Å². The van der Waals surface area contributed by atoms with Crippen LogP contribution < -0.4 is 18.9 Å². The summed E-state index contributed by atoms with van der Waals surface area (Å²) < 4.78 is 23.3. The van der Waals surface area contributed by atoms with E-state index in [0.717, 1.165) is 37.7 Å². The molecule has 6 rings (SSSR count). The summed E-state index contributed by atoms with van der Waals surface area (Å²) in [6, 6.07) is 7.01. The molecular weight excluding hydrogens is 572 g/mol. The fraction of sp³-hybridized carbons (Fsp3) is 0.486. The predicted molar refractivity (Wildman–Crippen MR) is 173 cm³/mol. The van der Waals surface area contributed by atoms with Crippen LogP contribution in [0.1, 0.15) is 80.5 Å². The molecule has 0 bridgehead atoms. The van der Waals surface area contributed by atoms with Gasteiger partial charge in [-0.25, -0.2) is 0 Å². The highest BCUT2D eigenvalue weighted by molar-refractivity contribution is 6.05. The predicted octanol–water partition coefficient (Wildman–Crippen LogP) is 6.51. The summed E-state index contributed by atoms with van der Waals surface area (Å²) in [6.07, 6.45) is 9.77. The van der Waals surface area contributed by atoms with Crippen LogP contribution in [0.3, 0.4) is 0 Å². The number of unbranched alkanes of at least 4 members (excludes halogenated alkanes) is 2. The minimum Gasteiger partial charge on any atom is -0.493 e. The second kappa shape index (κ2) is 11.9. The third-order valence-corrected chi connectivity index (χ3v) is 8.96. The Kier molecular flexibility index (Phi) is 8.09. The monoisotopic (exact) mass is 614 g/mol. The van der Waals surface area contributed by atoms with Crippen LogP contribution in [0.25, 0.3) is 0 Å². The molecule has 1 fully saturated rings. The average Bonchev–Trinajstić information content (AvgIpc) is 3.44. The lowest BCUT2D eigenvalue weighted by Gasteiger charge is -2.30. The van der Waals surface area contributed by atoms with Crippen molar-refractivity contribution in [2.75, 3.05) is 34.0 Å². The Balaban J connectivity index is 1.03. The molecule has 0 spiro atoms. The van der Waals surface area contributed by atoms with E-state index >= 15 is 0 Å². The quantitative estimate of drug-likeness (QED) is 0.283. The highest BCUT2D eigenvalue weighted by Gasteiger charge is 2.49. The zero-order valence-electron chi connectivity index (χ0n) is 27.0. The first-order valence-corrected chi connectivity index (χ1v) is 15.6. The second-order valence-corrected chi connectivity index (χ2v) is 13.4. The second-order valence-electron chi connectivity index (χ2n) is 13.4. The largest absolute Gasteiger partial charge is 0.493 e. The first kappa shape index (κ1) is 30.7. The smallest absolute Gasteiger partial charge is 0.260 e. The van der Waals surface area contributed by atoms with Crippen molar-refractivity contribution in [2.24, 2.45) is 15.4 Å². The topological polar surface area (TPSA) is 102 Å². The summed E-state index contributed by atoms with van der Waals surface area (Å²) in [6.45, 7) is 10.1. The van der Waals surface area contributed by atoms with Gasteiger partial charge < -0.3 is 28.7 Å². The van der Waals surface area contributed by atoms with Gasteiger partial charge in [-0.3, -0.25) is 19.6 Å². The molecule has 2 atom stereocenters. The molecule has 10 heteroatoms. The Morgan fingerprint density at radius 1 is 0.822 bits per heavy atom. The van der Waals surface area contributed by atoms with E-state index in [1.54, 1.807) is 37.3 Å². The van der Waals surface area contributed by atoms with E-state index in [1.165, 1.54) is 0 Å². The molecule has 238 valence electrons. The number of benzene rings is 2. The molecule has 0 N–H and O–H groups in total. The number of rotatable bonds is 10. The molecule has 2 amide bonds. The van der Waals surface area contributed by atoms with E-state index in [1.807, 2.05) is 36.5 Å². The highest BCUT2D eigenvalue weighted by atomic mass is 16.5. The number of amides is 2. The first-order chi connectivity index (χ1) is 21.5. The first-order valence-electron chi connectivity index (χ1n) is 15.6. The van der Waals surface area contributed by atoms with Crippen LogP contribution in [0.4, 0.5) is 11.4 Å².